The number of aliphatic carboxylic acids is 1. The molecule has 86 valence electrons. The SMILES string of the molecule is N[C@@]1(C(=O)O)CCC[C@@H]1CCCB(O)O. The van der Waals surface area contributed by atoms with Crippen molar-refractivity contribution in [3.63, 3.8) is 0 Å². The van der Waals surface area contributed by atoms with E-state index in [2.05, 4.69) is 0 Å². The smallest absolute Gasteiger partial charge is 0.451 e. The van der Waals surface area contributed by atoms with E-state index in [1.54, 1.807) is 0 Å². The van der Waals surface area contributed by atoms with Gasteiger partial charge in [-0.2, -0.15) is 0 Å². The van der Waals surface area contributed by atoms with E-state index in [1.165, 1.54) is 0 Å². The molecule has 0 aromatic carbocycles. The Labute approximate surface area is 89.4 Å². The summed E-state index contributed by atoms with van der Waals surface area (Å²) in [5.41, 5.74) is 4.74. The van der Waals surface area contributed by atoms with Gasteiger partial charge in [-0.25, -0.2) is 0 Å². The predicted molar refractivity (Wildman–Crippen MR) is 56.1 cm³/mol. The lowest BCUT2D eigenvalue weighted by Gasteiger charge is -2.26. The molecule has 1 saturated carbocycles. The fourth-order valence-corrected chi connectivity index (χ4v) is 2.33. The van der Waals surface area contributed by atoms with Gasteiger partial charge in [-0.3, -0.25) is 4.79 Å². The van der Waals surface area contributed by atoms with E-state index >= 15 is 0 Å². The maximum Gasteiger partial charge on any atom is 0.451 e. The van der Waals surface area contributed by atoms with E-state index in [9.17, 15) is 4.79 Å². The van der Waals surface area contributed by atoms with E-state index in [1.807, 2.05) is 0 Å². The molecule has 0 aromatic heterocycles. The van der Waals surface area contributed by atoms with Gasteiger partial charge >= 0.3 is 13.1 Å². The lowest BCUT2D eigenvalue weighted by Crippen LogP contribution is -2.50. The first-order valence-electron chi connectivity index (χ1n) is 5.35. The number of hydrogen-bond acceptors (Lipinski definition) is 4. The van der Waals surface area contributed by atoms with Gasteiger partial charge in [-0.05, 0) is 31.5 Å². The molecule has 0 unspecified atom stereocenters. The maximum atomic E-state index is 11.0. The molecule has 0 saturated heterocycles. The van der Waals surface area contributed by atoms with Crippen LogP contribution in [-0.2, 0) is 4.79 Å². The molecule has 1 fully saturated rings. The van der Waals surface area contributed by atoms with Crippen molar-refractivity contribution in [3.8, 4) is 0 Å². The largest absolute Gasteiger partial charge is 0.480 e. The summed E-state index contributed by atoms with van der Waals surface area (Å²) < 4.78 is 0. The average Bonchev–Trinajstić information content (AvgIpc) is 2.49. The molecule has 1 aliphatic rings. The Hall–Kier alpha value is -0.585. The summed E-state index contributed by atoms with van der Waals surface area (Å²) >= 11 is 0. The molecule has 1 rings (SSSR count). The second-order valence-corrected chi connectivity index (χ2v) is 4.35. The van der Waals surface area contributed by atoms with Crippen molar-refractivity contribution >= 4 is 13.1 Å². The fraction of sp³-hybridized carbons (Fsp3) is 0.889. The van der Waals surface area contributed by atoms with Crippen molar-refractivity contribution in [2.45, 2.75) is 44.0 Å². The van der Waals surface area contributed by atoms with Gasteiger partial charge in [0.05, 0.1) is 0 Å². The van der Waals surface area contributed by atoms with Crippen molar-refractivity contribution in [2.75, 3.05) is 0 Å². The minimum Gasteiger partial charge on any atom is -0.480 e. The Bertz CT molecular complexity index is 236. The highest BCUT2D eigenvalue weighted by Crippen LogP contribution is 2.37. The van der Waals surface area contributed by atoms with Crippen LogP contribution in [-0.4, -0.2) is 33.8 Å². The number of carboxylic acid groups (broad SMARTS) is 1. The van der Waals surface area contributed by atoms with Crippen LogP contribution in [0.3, 0.4) is 0 Å². The van der Waals surface area contributed by atoms with Crippen LogP contribution in [0.2, 0.25) is 6.32 Å². The van der Waals surface area contributed by atoms with E-state index in [0.717, 1.165) is 12.8 Å². The Morgan fingerprint density at radius 1 is 1.53 bits per heavy atom. The van der Waals surface area contributed by atoms with E-state index < -0.39 is 18.6 Å². The number of rotatable bonds is 5. The predicted octanol–water partition coefficient (Wildman–Crippen LogP) is -0.178. The number of carbonyl (C=O) groups is 1. The highest BCUT2D eigenvalue weighted by Gasteiger charge is 2.45. The van der Waals surface area contributed by atoms with Crippen LogP contribution < -0.4 is 5.73 Å². The highest BCUT2D eigenvalue weighted by molar-refractivity contribution is 6.40. The van der Waals surface area contributed by atoms with Crippen LogP contribution in [0.5, 0.6) is 0 Å². The van der Waals surface area contributed by atoms with Crippen molar-refractivity contribution in [1.82, 2.24) is 0 Å². The van der Waals surface area contributed by atoms with Gasteiger partial charge in [0, 0.05) is 0 Å². The normalized spacial score (nSPS) is 30.5. The summed E-state index contributed by atoms with van der Waals surface area (Å²) in [4.78, 5) is 11.0. The van der Waals surface area contributed by atoms with Crippen molar-refractivity contribution < 1.29 is 19.9 Å². The number of carboxylic acids is 1. The van der Waals surface area contributed by atoms with Crippen molar-refractivity contribution in [2.24, 2.45) is 11.7 Å². The fourth-order valence-electron chi connectivity index (χ4n) is 2.33. The zero-order valence-corrected chi connectivity index (χ0v) is 8.72. The zero-order chi connectivity index (χ0) is 11.5. The second-order valence-electron chi connectivity index (χ2n) is 4.35. The van der Waals surface area contributed by atoms with Crippen LogP contribution >= 0.6 is 0 Å². The molecule has 0 spiro atoms. The number of nitrogens with two attached hydrogens (primary N) is 1. The summed E-state index contributed by atoms with van der Waals surface area (Å²) in [7, 11) is -1.30. The van der Waals surface area contributed by atoms with Crippen molar-refractivity contribution in [1.29, 1.82) is 0 Å². The summed E-state index contributed by atoms with van der Waals surface area (Å²) in [5.74, 6) is -0.969. The Balaban J connectivity index is 2.43. The van der Waals surface area contributed by atoms with E-state index in [-0.39, 0.29) is 12.2 Å². The Kier molecular flexibility index (Phi) is 4.13. The Morgan fingerprint density at radius 3 is 2.73 bits per heavy atom. The average molecular weight is 215 g/mol. The topological polar surface area (TPSA) is 104 Å². The first-order valence-corrected chi connectivity index (χ1v) is 5.35. The second kappa shape index (κ2) is 4.96. The lowest BCUT2D eigenvalue weighted by molar-refractivity contribution is -0.144. The maximum absolute atomic E-state index is 11.0. The molecule has 5 N–H and O–H groups in total. The molecule has 0 aromatic rings. The minimum absolute atomic E-state index is 0.0336. The molecule has 5 nitrogen and oxygen atoms in total. The molecule has 6 heteroatoms. The minimum atomic E-state index is -1.30. The number of hydrogen-bond donors (Lipinski definition) is 4. The molecule has 2 atom stereocenters. The lowest BCUT2D eigenvalue weighted by atomic mass is 9.78. The summed E-state index contributed by atoms with van der Waals surface area (Å²) in [6.07, 6.45) is 3.73. The van der Waals surface area contributed by atoms with Crippen molar-refractivity contribution in [3.05, 3.63) is 0 Å². The monoisotopic (exact) mass is 215 g/mol. The van der Waals surface area contributed by atoms with Gasteiger partial charge in [0.2, 0.25) is 0 Å². The van der Waals surface area contributed by atoms with Crippen LogP contribution in [0, 0.1) is 5.92 Å². The van der Waals surface area contributed by atoms with E-state index in [0.29, 0.717) is 19.3 Å². The van der Waals surface area contributed by atoms with Crippen LogP contribution in [0.1, 0.15) is 32.1 Å². The third kappa shape index (κ3) is 2.93. The standard InChI is InChI=1S/C9H18BNO4/c11-9(8(12)13)5-1-3-7(9)4-2-6-10(14)15/h7,14-15H,1-6,11H2,(H,12,13)/t7-,9+/m1/s1. The molecule has 0 radical (unpaired) electrons. The molecular weight excluding hydrogens is 197 g/mol. The van der Waals surface area contributed by atoms with Gasteiger partial charge in [0.1, 0.15) is 5.54 Å². The van der Waals surface area contributed by atoms with Gasteiger partial charge in [0.15, 0.2) is 0 Å². The van der Waals surface area contributed by atoms with Gasteiger partial charge in [0.25, 0.3) is 0 Å². The first-order chi connectivity index (χ1) is 6.97. The van der Waals surface area contributed by atoms with E-state index in [4.69, 9.17) is 20.9 Å². The van der Waals surface area contributed by atoms with Crippen LogP contribution in [0.25, 0.3) is 0 Å². The first kappa shape index (κ1) is 12.5. The molecule has 1 aliphatic carbocycles. The van der Waals surface area contributed by atoms with Gasteiger partial charge in [-0.15, -0.1) is 0 Å². The van der Waals surface area contributed by atoms with Crippen LogP contribution in [0.15, 0.2) is 0 Å². The van der Waals surface area contributed by atoms with Crippen LogP contribution in [0.4, 0.5) is 0 Å². The highest BCUT2D eigenvalue weighted by atomic mass is 16.4. The molecule has 0 amide bonds. The zero-order valence-electron chi connectivity index (χ0n) is 8.72. The third-order valence-corrected chi connectivity index (χ3v) is 3.28. The molecule has 0 heterocycles. The Morgan fingerprint density at radius 2 is 2.20 bits per heavy atom. The summed E-state index contributed by atoms with van der Waals surface area (Å²) in [6.45, 7) is 0. The molecule has 0 aliphatic heterocycles. The molecule has 0 bridgehead atoms. The molecular formula is C9H18BNO4. The summed E-state index contributed by atoms with van der Waals surface area (Å²) in [6, 6.07) is 0. The quantitative estimate of drug-likeness (QED) is 0.476. The van der Waals surface area contributed by atoms with Gasteiger partial charge in [-0.1, -0.05) is 12.8 Å². The third-order valence-electron chi connectivity index (χ3n) is 3.28. The van der Waals surface area contributed by atoms with Gasteiger partial charge < -0.3 is 20.9 Å². The summed E-state index contributed by atoms with van der Waals surface area (Å²) in [5, 5.41) is 26.4. The molecule has 15 heavy (non-hydrogen) atoms.